The van der Waals surface area contributed by atoms with E-state index in [1.807, 2.05) is 45.0 Å². The summed E-state index contributed by atoms with van der Waals surface area (Å²) in [4.78, 5) is 23.5. The molecule has 8 nitrogen and oxygen atoms in total. The van der Waals surface area contributed by atoms with Crippen molar-refractivity contribution in [2.75, 3.05) is 32.6 Å². The molecule has 1 unspecified atom stereocenters. The van der Waals surface area contributed by atoms with Gasteiger partial charge in [-0.05, 0) is 76.3 Å². The number of fused-ring (bicyclic) bond motifs is 1. The molecule has 4 aromatic rings. The fourth-order valence-electron chi connectivity index (χ4n) is 3.76. The molecular weight excluding hydrogens is 579 g/mol. The zero-order valence-electron chi connectivity index (χ0n) is 23.9. The third kappa shape index (κ3) is 9.63. The van der Waals surface area contributed by atoms with E-state index in [-0.39, 0.29) is 17.2 Å². The van der Waals surface area contributed by atoms with Gasteiger partial charge in [0.05, 0.1) is 22.0 Å². The van der Waals surface area contributed by atoms with E-state index in [9.17, 15) is 13.4 Å². The lowest BCUT2D eigenvalue weighted by Gasteiger charge is -2.13. The standard InChI is InChI=1S/C23H24ClFN4O2.C8H10O2S/c1-4-31-22-13-21-18(11-15(22)10-17(30)6-5-9-29(2)3)23(27-14-26-21)28-16-7-8-20(25)19(24)12-16;1-7-3-5-8(6-4-7)11(2,9)10/h5-8,11-14H,4,9-10H2,1-3H3,(H,26,27,28);3-6H,2H2,1H3,(H,9,10)/b6-5+;. The summed E-state index contributed by atoms with van der Waals surface area (Å²) in [5, 5.41) is 3.87. The molecule has 0 saturated carbocycles. The van der Waals surface area contributed by atoms with Crippen LogP contribution in [0.3, 0.4) is 0 Å². The van der Waals surface area contributed by atoms with Gasteiger partial charge in [-0.15, -0.1) is 0 Å². The number of allylic oxidation sites excluding steroid dienone is 1. The van der Waals surface area contributed by atoms with Gasteiger partial charge in [0.2, 0.25) is 0 Å². The molecule has 0 radical (unpaired) electrons. The maximum absolute atomic E-state index is 13.5. The average Bonchev–Trinajstić information content (AvgIpc) is 2.91. The minimum atomic E-state index is -3.02. The van der Waals surface area contributed by atoms with Gasteiger partial charge < -0.3 is 19.5 Å². The number of aryl methyl sites for hydroxylation is 1. The Hall–Kier alpha value is -3.83. The number of benzene rings is 3. The number of rotatable bonds is 10. The number of carbonyl (C=O) groups is 1. The van der Waals surface area contributed by atoms with Gasteiger partial charge in [0.1, 0.15) is 33.5 Å². The van der Waals surface area contributed by atoms with Crippen LogP contribution in [-0.4, -0.2) is 62.5 Å². The van der Waals surface area contributed by atoms with Crippen molar-refractivity contribution in [2.24, 2.45) is 0 Å². The summed E-state index contributed by atoms with van der Waals surface area (Å²) in [5.74, 6) is 3.76. The van der Waals surface area contributed by atoms with E-state index in [0.29, 0.717) is 46.2 Å². The minimum Gasteiger partial charge on any atom is -0.494 e. The number of aromatic nitrogens is 2. The zero-order valence-corrected chi connectivity index (χ0v) is 25.5. The van der Waals surface area contributed by atoms with Crippen molar-refractivity contribution in [1.82, 2.24) is 14.9 Å². The number of ether oxygens (including phenoxy) is 1. The van der Waals surface area contributed by atoms with Crippen LogP contribution in [0.2, 0.25) is 5.02 Å². The molecular formula is C31H34ClFN4O4S. The van der Waals surface area contributed by atoms with Crippen LogP contribution in [-0.2, 0) is 21.0 Å². The van der Waals surface area contributed by atoms with Crippen molar-refractivity contribution >= 4 is 55.5 Å². The van der Waals surface area contributed by atoms with Crippen LogP contribution in [0.25, 0.3) is 10.9 Å². The molecule has 0 fully saturated rings. The monoisotopic (exact) mass is 612 g/mol. The Morgan fingerprint density at radius 2 is 1.88 bits per heavy atom. The van der Waals surface area contributed by atoms with E-state index in [2.05, 4.69) is 21.2 Å². The van der Waals surface area contributed by atoms with Crippen molar-refractivity contribution in [3.8, 4) is 5.75 Å². The maximum atomic E-state index is 13.5. The van der Waals surface area contributed by atoms with Crippen molar-refractivity contribution in [1.29, 1.82) is 0 Å². The van der Waals surface area contributed by atoms with Gasteiger partial charge >= 0.3 is 0 Å². The van der Waals surface area contributed by atoms with Crippen molar-refractivity contribution in [3.63, 3.8) is 0 Å². The number of nitrogens with one attached hydrogen (secondary N) is 1. The molecule has 1 atom stereocenters. The van der Waals surface area contributed by atoms with Gasteiger partial charge in [0.25, 0.3) is 0 Å². The fourth-order valence-corrected chi connectivity index (χ4v) is 4.50. The highest BCUT2D eigenvalue weighted by molar-refractivity contribution is 7.95. The second kappa shape index (κ2) is 14.9. The summed E-state index contributed by atoms with van der Waals surface area (Å²) < 4.78 is 39.2. The summed E-state index contributed by atoms with van der Waals surface area (Å²) in [6, 6.07) is 14.8. The number of carbonyl (C=O) groups excluding carboxylic acids is 1. The first-order valence-corrected chi connectivity index (χ1v) is 15.1. The highest BCUT2D eigenvalue weighted by Gasteiger charge is 2.14. The molecule has 222 valence electrons. The lowest BCUT2D eigenvalue weighted by molar-refractivity contribution is -0.114. The summed E-state index contributed by atoms with van der Waals surface area (Å²) >= 11 is 5.89. The number of ketones is 1. The summed E-state index contributed by atoms with van der Waals surface area (Å²) in [6.07, 6.45) is 5.03. The van der Waals surface area contributed by atoms with Crippen LogP contribution in [0.1, 0.15) is 18.1 Å². The van der Waals surface area contributed by atoms with Gasteiger partial charge in [0.15, 0.2) is 5.78 Å². The predicted molar refractivity (Wildman–Crippen MR) is 169 cm³/mol. The first-order valence-electron chi connectivity index (χ1n) is 13.0. The van der Waals surface area contributed by atoms with E-state index < -0.39 is 15.6 Å². The third-order valence-corrected chi connectivity index (χ3v) is 7.13. The normalized spacial score (nSPS) is 12.6. The molecule has 42 heavy (non-hydrogen) atoms. The molecule has 0 aliphatic carbocycles. The Balaban J connectivity index is 0.000000369. The number of hydrogen-bond acceptors (Lipinski definition) is 7. The SMILES string of the molecule is C=S(=O)(O)c1ccc(C)cc1.CCOc1cc2ncnc(Nc3ccc(F)c(Cl)c3)c2cc1CC(=O)/C=C/CN(C)C. The molecule has 0 amide bonds. The summed E-state index contributed by atoms with van der Waals surface area (Å²) in [7, 11) is 0.858. The lowest BCUT2D eigenvalue weighted by atomic mass is 10.0. The van der Waals surface area contributed by atoms with Gasteiger partial charge in [-0.2, -0.15) is 0 Å². The van der Waals surface area contributed by atoms with E-state index in [0.717, 1.165) is 11.1 Å². The number of hydrogen-bond donors (Lipinski definition) is 2. The van der Waals surface area contributed by atoms with Crippen LogP contribution < -0.4 is 10.1 Å². The van der Waals surface area contributed by atoms with Gasteiger partial charge in [-0.1, -0.05) is 35.4 Å². The fraction of sp³-hybridized carbons (Fsp3) is 0.226. The summed E-state index contributed by atoms with van der Waals surface area (Å²) in [5.41, 5.74) is 3.05. The topological polar surface area (TPSA) is 105 Å². The van der Waals surface area contributed by atoms with E-state index in [4.69, 9.17) is 20.9 Å². The molecule has 0 saturated heterocycles. The Morgan fingerprint density at radius 1 is 1.17 bits per heavy atom. The first-order chi connectivity index (χ1) is 19.9. The first kappa shape index (κ1) is 32.7. The maximum Gasteiger partial charge on any atom is 0.159 e. The molecule has 0 aliphatic heterocycles. The van der Waals surface area contributed by atoms with Crippen LogP contribution in [0, 0.1) is 12.7 Å². The highest BCUT2D eigenvalue weighted by Crippen LogP contribution is 2.31. The van der Waals surface area contributed by atoms with Gasteiger partial charge in [-0.3, -0.25) is 4.79 Å². The van der Waals surface area contributed by atoms with Crippen LogP contribution >= 0.6 is 11.6 Å². The third-order valence-electron chi connectivity index (χ3n) is 5.83. The molecule has 0 spiro atoms. The van der Waals surface area contributed by atoms with Crippen molar-refractivity contribution in [3.05, 3.63) is 95.0 Å². The lowest BCUT2D eigenvalue weighted by Crippen LogP contribution is -2.11. The Morgan fingerprint density at radius 3 is 2.50 bits per heavy atom. The van der Waals surface area contributed by atoms with Gasteiger partial charge in [-0.25, -0.2) is 18.6 Å². The molecule has 1 heterocycles. The second-order valence-electron chi connectivity index (χ2n) is 9.65. The Kier molecular flexibility index (Phi) is 11.6. The molecule has 0 aliphatic rings. The molecule has 0 bridgehead atoms. The number of nitrogens with zero attached hydrogens (tertiary/aromatic N) is 3. The smallest absolute Gasteiger partial charge is 0.159 e. The Bertz CT molecular complexity index is 1680. The molecule has 2 N–H and O–H groups in total. The van der Waals surface area contributed by atoms with E-state index in [1.165, 1.54) is 18.5 Å². The number of halogens is 2. The van der Waals surface area contributed by atoms with E-state index in [1.54, 1.807) is 42.5 Å². The van der Waals surface area contributed by atoms with Crippen molar-refractivity contribution < 1.29 is 22.7 Å². The minimum absolute atomic E-state index is 0.0118. The van der Waals surface area contributed by atoms with Crippen LogP contribution in [0.15, 0.2) is 78.0 Å². The zero-order chi connectivity index (χ0) is 30.9. The largest absolute Gasteiger partial charge is 0.494 e. The predicted octanol–water partition coefficient (Wildman–Crippen LogP) is 6.34. The average molecular weight is 613 g/mol. The van der Waals surface area contributed by atoms with Gasteiger partial charge in [0, 0.05) is 35.7 Å². The molecule has 3 aromatic carbocycles. The Labute approximate surface area is 251 Å². The molecule has 4 rings (SSSR count). The van der Waals surface area contributed by atoms with Crippen LogP contribution in [0.4, 0.5) is 15.9 Å². The van der Waals surface area contributed by atoms with E-state index >= 15 is 0 Å². The second-order valence-corrected chi connectivity index (χ2v) is 11.8. The quantitative estimate of drug-likeness (QED) is 0.158. The van der Waals surface area contributed by atoms with Crippen molar-refractivity contribution in [2.45, 2.75) is 25.2 Å². The molecule has 1 aromatic heterocycles. The number of anilines is 2. The van der Waals surface area contributed by atoms with Crippen LogP contribution in [0.5, 0.6) is 5.75 Å². The molecule has 11 heteroatoms. The highest BCUT2D eigenvalue weighted by atomic mass is 35.5. The summed E-state index contributed by atoms with van der Waals surface area (Å²) in [6.45, 7) is 4.96. The number of likely N-dealkylation sites (N-methyl/N-ethyl adjacent to an activating group) is 1.